The number of methoxy groups -OCH3 is 1. The Labute approximate surface area is 193 Å². The number of nitrogens with one attached hydrogen (secondary N) is 2. The summed E-state index contributed by atoms with van der Waals surface area (Å²) in [5.74, 6) is -0.382. The van der Waals surface area contributed by atoms with Crippen LogP contribution < -0.4 is 10.6 Å². The molecule has 2 aromatic rings. The Morgan fingerprint density at radius 2 is 1.88 bits per heavy atom. The second-order valence-electron chi connectivity index (χ2n) is 7.93. The number of benzene rings is 1. The van der Waals surface area contributed by atoms with E-state index in [0.717, 1.165) is 12.0 Å². The van der Waals surface area contributed by atoms with Crippen LogP contribution in [0.15, 0.2) is 47.8 Å². The summed E-state index contributed by atoms with van der Waals surface area (Å²) in [7, 11) is 1.64. The van der Waals surface area contributed by atoms with Gasteiger partial charge in [-0.05, 0) is 36.3 Å². The van der Waals surface area contributed by atoms with E-state index in [-0.39, 0.29) is 23.6 Å². The van der Waals surface area contributed by atoms with Crippen LogP contribution in [0.1, 0.15) is 34.5 Å². The molecule has 32 heavy (non-hydrogen) atoms. The van der Waals surface area contributed by atoms with Gasteiger partial charge >= 0.3 is 0 Å². The van der Waals surface area contributed by atoms with Gasteiger partial charge in [0.2, 0.25) is 11.8 Å². The van der Waals surface area contributed by atoms with Crippen LogP contribution in [0.2, 0.25) is 0 Å². The first-order valence-electron chi connectivity index (χ1n) is 11.0. The molecule has 1 aliphatic rings. The summed E-state index contributed by atoms with van der Waals surface area (Å²) < 4.78 is 5.00. The molecule has 2 heterocycles. The molecule has 1 aliphatic heterocycles. The number of nitrogens with zero attached hydrogens (tertiary/aromatic N) is 1. The number of hydrogen-bond acceptors (Lipinski definition) is 5. The van der Waals surface area contributed by atoms with Crippen LogP contribution in [-0.4, -0.2) is 62.0 Å². The van der Waals surface area contributed by atoms with Crippen molar-refractivity contribution in [2.75, 3.05) is 33.4 Å². The van der Waals surface area contributed by atoms with Crippen molar-refractivity contribution in [1.82, 2.24) is 15.5 Å². The molecular formula is C24H31N3O4S. The molecule has 1 unspecified atom stereocenters. The normalized spacial score (nSPS) is 15.2. The summed E-state index contributed by atoms with van der Waals surface area (Å²) in [5, 5.41) is 7.72. The Hall–Kier alpha value is -2.71. The number of rotatable bonds is 10. The van der Waals surface area contributed by atoms with E-state index in [1.165, 1.54) is 11.3 Å². The first kappa shape index (κ1) is 23.9. The van der Waals surface area contributed by atoms with Crippen LogP contribution in [-0.2, 0) is 20.7 Å². The van der Waals surface area contributed by atoms with E-state index in [1.807, 2.05) is 41.8 Å². The van der Waals surface area contributed by atoms with E-state index in [2.05, 4.69) is 10.6 Å². The molecule has 1 atom stereocenters. The predicted octanol–water partition coefficient (Wildman–Crippen LogP) is 2.48. The second-order valence-corrected chi connectivity index (χ2v) is 8.88. The minimum absolute atomic E-state index is 0.0417. The molecule has 1 aromatic carbocycles. The van der Waals surface area contributed by atoms with Gasteiger partial charge in [0.05, 0.1) is 4.88 Å². The molecule has 1 saturated heterocycles. The van der Waals surface area contributed by atoms with Gasteiger partial charge in [0.15, 0.2) is 0 Å². The molecular weight excluding hydrogens is 426 g/mol. The molecule has 0 saturated carbocycles. The lowest BCUT2D eigenvalue weighted by Gasteiger charge is -2.34. The molecule has 3 amide bonds. The van der Waals surface area contributed by atoms with Crippen molar-refractivity contribution in [3.8, 4) is 0 Å². The number of thiophene rings is 1. The van der Waals surface area contributed by atoms with Gasteiger partial charge in [-0.2, -0.15) is 0 Å². The molecule has 1 aromatic heterocycles. The topological polar surface area (TPSA) is 87.7 Å². The molecule has 3 rings (SSSR count). The van der Waals surface area contributed by atoms with Gasteiger partial charge in [0, 0.05) is 45.7 Å². The second kappa shape index (κ2) is 12.4. The van der Waals surface area contributed by atoms with Crippen molar-refractivity contribution in [2.24, 2.45) is 5.92 Å². The first-order valence-corrected chi connectivity index (χ1v) is 11.9. The fourth-order valence-electron chi connectivity index (χ4n) is 3.84. The predicted molar refractivity (Wildman–Crippen MR) is 125 cm³/mol. The third-order valence-corrected chi connectivity index (χ3v) is 6.50. The van der Waals surface area contributed by atoms with Crippen LogP contribution in [0.5, 0.6) is 0 Å². The number of piperidine rings is 1. The summed E-state index contributed by atoms with van der Waals surface area (Å²) in [5.41, 5.74) is 0.989. The van der Waals surface area contributed by atoms with E-state index in [1.54, 1.807) is 18.1 Å². The minimum atomic E-state index is -0.647. The van der Waals surface area contributed by atoms with Crippen molar-refractivity contribution >= 4 is 29.1 Å². The fourth-order valence-corrected chi connectivity index (χ4v) is 4.47. The van der Waals surface area contributed by atoms with Crippen molar-refractivity contribution in [3.05, 3.63) is 58.3 Å². The maximum absolute atomic E-state index is 13.3. The highest BCUT2D eigenvalue weighted by Gasteiger charge is 2.31. The van der Waals surface area contributed by atoms with Crippen LogP contribution in [0, 0.1) is 5.92 Å². The smallest absolute Gasteiger partial charge is 0.262 e. The van der Waals surface area contributed by atoms with Gasteiger partial charge in [-0.25, -0.2) is 0 Å². The Morgan fingerprint density at radius 3 is 2.53 bits per heavy atom. The number of carbonyl (C=O) groups is 3. The highest BCUT2D eigenvalue weighted by molar-refractivity contribution is 7.12. The van der Waals surface area contributed by atoms with Gasteiger partial charge in [0.1, 0.15) is 6.04 Å². The Kier molecular flexibility index (Phi) is 9.25. The summed E-state index contributed by atoms with van der Waals surface area (Å²) in [6.07, 6.45) is 2.46. The van der Waals surface area contributed by atoms with E-state index >= 15 is 0 Å². The van der Waals surface area contributed by atoms with Crippen LogP contribution in [0.25, 0.3) is 0 Å². The van der Waals surface area contributed by atoms with E-state index < -0.39 is 6.04 Å². The monoisotopic (exact) mass is 457 g/mol. The first-order chi connectivity index (χ1) is 15.6. The average Bonchev–Trinajstić information content (AvgIpc) is 3.37. The van der Waals surface area contributed by atoms with Crippen molar-refractivity contribution in [3.63, 3.8) is 0 Å². The Bertz CT molecular complexity index is 865. The lowest BCUT2D eigenvalue weighted by atomic mass is 9.94. The van der Waals surface area contributed by atoms with Gasteiger partial charge < -0.3 is 20.3 Å². The van der Waals surface area contributed by atoms with Gasteiger partial charge in [-0.1, -0.05) is 36.4 Å². The maximum atomic E-state index is 13.3. The SMILES string of the molecule is COCCCNC(=O)C1CCN(C(=O)C(Cc2ccccc2)NC(=O)c2cccs2)CC1. The van der Waals surface area contributed by atoms with Crippen LogP contribution in [0.4, 0.5) is 0 Å². The van der Waals surface area contributed by atoms with Crippen LogP contribution >= 0.6 is 11.3 Å². The lowest BCUT2D eigenvalue weighted by Crippen LogP contribution is -2.52. The Balaban J connectivity index is 1.58. The molecule has 0 spiro atoms. The third kappa shape index (κ3) is 6.90. The van der Waals surface area contributed by atoms with Gasteiger partial charge in [0.25, 0.3) is 5.91 Å². The highest BCUT2D eigenvalue weighted by Crippen LogP contribution is 2.19. The van der Waals surface area contributed by atoms with Crippen molar-refractivity contribution in [1.29, 1.82) is 0 Å². The van der Waals surface area contributed by atoms with Gasteiger partial charge in [-0.15, -0.1) is 11.3 Å². The molecule has 1 fully saturated rings. The zero-order valence-electron chi connectivity index (χ0n) is 18.4. The summed E-state index contributed by atoms with van der Waals surface area (Å²) in [6.45, 7) is 2.23. The van der Waals surface area contributed by atoms with E-state index in [9.17, 15) is 14.4 Å². The Morgan fingerprint density at radius 1 is 1.12 bits per heavy atom. The quantitative estimate of drug-likeness (QED) is 0.537. The molecule has 8 heteroatoms. The molecule has 2 N–H and O–H groups in total. The number of likely N-dealkylation sites (tertiary alicyclic amines) is 1. The van der Waals surface area contributed by atoms with E-state index in [0.29, 0.717) is 50.4 Å². The zero-order chi connectivity index (χ0) is 22.8. The number of hydrogen-bond donors (Lipinski definition) is 2. The van der Waals surface area contributed by atoms with E-state index in [4.69, 9.17) is 4.74 Å². The maximum Gasteiger partial charge on any atom is 0.262 e. The molecule has 172 valence electrons. The number of carbonyl (C=O) groups excluding carboxylic acids is 3. The number of ether oxygens (including phenoxy) is 1. The standard InChI is InChI=1S/C24H31N3O4S/c1-31-15-6-12-25-22(28)19-10-13-27(14-11-19)24(30)20(17-18-7-3-2-4-8-18)26-23(29)21-9-5-16-32-21/h2-5,7-9,16,19-20H,6,10-15,17H2,1H3,(H,25,28)(H,26,29). The zero-order valence-corrected chi connectivity index (χ0v) is 19.2. The molecule has 7 nitrogen and oxygen atoms in total. The summed E-state index contributed by atoms with van der Waals surface area (Å²) >= 11 is 1.35. The third-order valence-electron chi connectivity index (χ3n) is 5.63. The van der Waals surface area contributed by atoms with Gasteiger partial charge in [-0.3, -0.25) is 14.4 Å². The summed E-state index contributed by atoms with van der Waals surface area (Å²) in [4.78, 5) is 40.7. The average molecular weight is 458 g/mol. The largest absolute Gasteiger partial charge is 0.385 e. The van der Waals surface area contributed by atoms with Crippen LogP contribution in [0.3, 0.4) is 0 Å². The highest BCUT2D eigenvalue weighted by atomic mass is 32.1. The van der Waals surface area contributed by atoms with Crippen molar-refractivity contribution < 1.29 is 19.1 Å². The minimum Gasteiger partial charge on any atom is -0.385 e. The number of amides is 3. The fraction of sp³-hybridized carbons (Fsp3) is 0.458. The molecule has 0 bridgehead atoms. The molecule has 0 aliphatic carbocycles. The van der Waals surface area contributed by atoms with Crippen molar-refractivity contribution in [2.45, 2.75) is 31.7 Å². The lowest BCUT2D eigenvalue weighted by molar-refractivity contribution is -0.137. The molecule has 0 radical (unpaired) electrons. The summed E-state index contributed by atoms with van der Waals surface area (Å²) in [6, 6.07) is 12.6.